The number of hydrogen-bond acceptors (Lipinski definition) is 6. The minimum atomic E-state index is 0.125. The average molecular weight is 230 g/mol. The van der Waals surface area contributed by atoms with E-state index >= 15 is 0 Å². The average Bonchev–Trinajstić information content (AvgIpc) is 2.29. The van der Waals surface area contributed by atoms with E-state index in [-0.39, 0.29) is 11.9 Å². The zero-order chi connectivity index (χ0) is 12.1. The number of hydrogen-bond donors (Lipinski definition) is 3. The third-order valence-corrected chi connectivity index (χ3v) is 2.21. The second kappa shape index (κ2) is 5.11. The SMILES string of the molecule is Nc1nc(N)nc(NCCc2ccccc2)n1. The molecule has 0 atom stereocenters. The van der Waals surface area contributed by atoms with Crippen molar-refractivity contribution in [1.82, 2.24) is 15.0 Å². The fraction of sp³-hybridized carbons (Fsp3) is 0.182. The smallest absolute Gasteiger partial charge is 0.229 e. The van der Waals surface area contributed by atoms with Gasteiger partial charge in [0.25, 0.3) is 0 Å². The van der Waals surface area contributed by atoms with Gasteiger partial charge < -0.3 is 16.8 Å². The fourth-order valence-corrected chi connectivity index (χ4v) is 1.45. The van der Waals surface area contributed by atoms with Crippen LogP contribution in [0.5, 0.6) is 0 Å². The van der Waals surface area contributed by atoms with Crippen LogP contribution in [0.1, 0.15) is 5.56 Å². The van der Waals surface area contributed by atoms with Crippen LogP contribution in [0, 0.1) is 0 Å². The maximum absolute atomic E-state index is 5.46. The van der Waals surface area contributed by atoms with Crippen molar-refractivity contribution in [2.45, 2.75) is 6.42 Å². The molecule has 2 aromatic rings. The van der Waals surface area contributed by atoms with E-state index in [1.165, 1.54) is 5.56 Å². The minimum absolute atomic E-state index is 0.125. The second-order valence-corrected chi connectivity index (χ2v) is 3.54. The minimum Gasteiger partial charge on any atom is -0.368 e. The maximum Gasteiger partial charge on any atom is 0.229 e. The summed E-state index contributed by atoms with van der Waals surface area (Å²) in [5.74, 6) is 0.658. The van der Waals surface area contributed by atoms with Crippen molar-refractivity contribution in [3.63, 3.8) is 0 Å². The molecule has 0 aliphatic heterocycles. The Labute approximate surface area is 99.1 Å². The Balaban J connectivity index is 1.90. The molecule has 6 nitrogen and oxygen atoms in total. The van der Waals surface area contributed by atoms with Crippen LogP contribution in [0.25, 0.3) is 0 Å². The third-order valence-electron chi connectivity index (χ3n) is 2.21. The molecule has 2 rings (SSSR count). The Hall–Kier alpha value is -2.37. The van der Waals surface area contributed by atoms with Crippen LogP contribution in [-0.2, 0) is 6.42 Å². The van der Waals surface area contributed by atoms with Gasteiger partial charge in [-0.15, -0.1) is 0 Å². The molecule has 88 valence electrons. The van der Waals surface area contributed by atoms with E-state index < -0.39 is 0 Å². The summed E-state index contributed by atoms with van der Waals surface area (Å²) < 4.78 is 0. The van der Waals surface area contributed by atoms with Gasteiger partial charge >= 0.3 is 0 Å². The van der Waals surface area contributed by atoms with Crippen molar-refractivity contribution in [3.05, 3.63) is 35.9 Å². The van der Waals surface area contributed by atoms with Crippen molar-refractivity contribution in [2.24, 2.45) is 0 Å². The Morgan fingerprint density at radius 2 is 1.59 bits per heavy atom. The molecule has 0 amide bonds. The lowest BCUT2D eigenvalue weighted by Crippen LogP contribution is -2.11. The standard InChI is InChI=1S/C11H14N6/c12-9-15-10(13)17-11(16-9)14-7-6-8-4-2-1-3-5-8/h1-5H,6-7H2,(H5,12,13,14,15,16,17). The van der Waals surface area contributed by atoms with Gasteiger partial charge in [-0.05, 0) is 12.0 Å². The molecule has 0 aliphatic carbocycles. The summed E-state index contributed by atoms with van der Waals surface area (Å²) in [5, 5.41) is 3.05. The van der Waals surface area contributed by atoms with Crippen molar-refractivity contribution in [2.75, 3.05) is 23.3 Å². The molecule has 0 saturated heterocycles. The van der Waals surface area contributed by atoms with Gasteiger partial charge in [0.2, 0.25) is 17.8 Å². The first kappa shape index (κ1) is 11.1. The van der Waals surface area contributed by atoms with Crippen molar-refractivity contribution >= 4 is 17.8 Å². The van der Waals surface area contributed by atoms with Crippen LogP contribution < -0.4 is 16.8 Å². The first-order valence-electron chi connectivity index (χ1n) is 5.29. The van der Waals surface area contributed by atoms with E-state index in [9.17, 15) is 0 Å². The summed E-state index contributed by atoms with van der Waals surface area (Å²) in [4.78, 5) is 11.6. The molecule has 17 heavy (non-hydrogen) atoms. The van der Waals surface area contributed by atoms with Gasteiger partial charge in [-0.3, -0.25) is 0 Å². The topological polar surface area (TPSA) is 103 Å². The quantitative estimate of drug-likeness (QED) is 0.714. The van der Waals surface area contributed by atoms with Crippen LogP contribution in [0.4, 0.5) is 17.8 Å². The molecular weight excluding hydrogens is 216 g/mol. The molecule has 0 fully saturated rings. The van der Waals surface area contributed by atoms with Gasteiger partial charge in [0.15, 0.2) is 0 Å². The number of nitrogens with one attached hydrogen (secondary N) is 1. The van der Waals surface area contributed by atoms with Crippen molar-refractivity contribution in [1.29, 1.82) is 0 Å². The van der Waals surface area contributed by atoms with Crippen LogP contribution in [0.3, 0.4) is 0 Å². The van der Waals surface area contributed by atoms with Gasteiger partial charge in [-0.1, -0.05) is 30.3 Å². The van der Waals surface area contributed by atoms with Crippen LogP contribution >= 0.6 is 0 Å². The molecule has 1 aromatic carbocycles. The largest absolute Gasteiger partial charge is 0.368 e. The highest BCUT2D eigenvalue weighted by molar-refractivity contribution is 5.37. The van der Waals surface area contributed by atoms with E-state index in [0.29, 0.717) is 12.5 Å². The first-order chi connectivity index (χ1) is 8.24. The zero-order valence-electron chi connectivity index (χ0n) is 9.30. The van der Waals surface area contributed by atoms with Crippen LogP contribution in [0.2, 0.25) is 0 Å². The molecule has 0 aliphatic rings. The first-order valence-corrected chi connectivity index (χ1v) is 5.29. The highest BCUT2D eigenvalue weighted by Gasteiger charge is 2.00. The molecule has 5 N–H and O–H groups in total. The normalized spacial score (nSPS) is 10.1. The van der Waals surface area contributed by atoms with Gasteiger partial charge in [0, 0.05) is 6.54 Å². The predicted molar refractivity (Wildman–Crippen MR) is 67.3 cm³/mol. The zero-order valence-corrected chi connectivity index (χ0v) is 9.30. The number of aromatic nitrogens is 3. The number of nitrogen functional groups attached to an aromatic ring is 2. The summed E-state index contributed by atoms with van der Waals surface area (Å²) in [7, 11) is 0. The highest BCUT2D eigenvalue weighted by Crippen LogP contribution is 2.04. The molecular formula is C11H14N6. The predicted octanol–water partition coefficient (Wildman–Crippen LogP) is 0.691. The Kier molecular flexibility index (Phi) is 3.34. The van der Waals surface area contributed by atoms with Gasteiger partial charge in [0.1, 0.15) is 0 Å². The summed E-state index contributed by atoms with van der Waals surface area (Å²) >= 11 is 0. The van der Waals surface area contributed by atoms with Crippen LogP contribution in [0.15, 0.2) is 30.3 Å². The van der Waals surface area contributed by atoms with Gasteiger partial charge in [-0.25, -0.2) is 0 Å². The summed E-state index contributed by atoms with van der Waals surface area (Å²) in [6, 6.07) is 10.1. The molecule has 0 bridgehead atoms. The van der Waals surface area contributed by atoms with E-state index in [1.54, 1.807) is 0 Å². The van der Waals surface area contributed by atoms with Crippen molar-refractivity contribution < 1.29 is 0 Å². The van der Waals surface area contributed by atoms with E-state index in [0.717, 1.165) is 6.42 Å². The Bertz CT molecular complexity index is 464. The van der Waals surface area contributed by atoms with Crippen molar-refractivity contribution in [3.8, 4) is 0 Å². The molecule has 0 spiro atoms. The van der Waals surface area contributed by atoms with E-state index in [1.807, 2.05) is 18.2 Å². The number of nitrogens with zero attached hydrogens (tertiary/aromatic N) is 3. The summed E-state index contributed by atoms with van der Waals surface area (Å²) in [5.41, 5.74) is 12.2. The number of anilines is 3. The fourth-order valence-electron chi connectivity index (χ4n) is 1.45. The molecule has 0 unspecified atom stereocenters. The number of benzene rings is 1. The molecule has 1 heterocycles. The maximum atomic E-state index is 5.46. The molecule has 0 saturated carbocycles. The monoisotopic (exact) mass is 230 g/mol. The summed E-state index contributed by atoms with van der Waals surface area (Å²) in [6.07, 6.45) is 0.881. The van der Waals surface area contributed by atoms with E-state index in [4.69, 9.17) is 11.5 Å². The Morgan fingerprint density at radius 3 is 2.24 bits per heavy atom. The lowest BCUT2D eigenvalue weighted by atomic mass is 10.1. The van der Waals surface area contributed by atoms with E-state index in [2.05, 4.69) is 32.4 Å². The van der Waals surface area contributed by atoms with Gasteiger partial charge in [-0.2, -0.15) is 15.0 Å². The molecule has 0 radical (unpaired) electrons. The Morgan fingerprint density at radius 1 is 0.941 bits per heavy atom. The third kappa shape index (κ3) is 3.30. The number of rotatable bonds is 4. The molecule has 1 aromatic heterocycles. The number of nitrogens with two attached hydrogens (primary N) is 2. The lowest BCUT2D eigenvalue weighted by molar-refractivity contribution is 0.972. The lowest BCUT2D eigenvalue weighted by Gasteiger charge is -2.05. The van der Waals surface area contributed by atoms with Gasteiger partial charge in [0.05, 0.1) is 0 Å². The molecule has 6 heteroatoms. The van der Waals surface area contributed by atoms with Crippen LogP contribution in [-0.4, -0.2) is 21.5 Å². The summed E-state index contributed by atoms with van der Waals surface area (Å²) in [6.45, 7) is 0.715. The highest BCUT2D eigenvalue weighted by atomic mass is 15.2. The second-order valence-electron chi connectivity index (χ2n) is 3.54.